The van der Waals surface area contributed by atoms with Crippen molar-refractivity contribution in [3.8, 4) is 0 Å². The van der Waals surface area contributed by atoms with E-state index in [1.165, 1.54) is 0 Å². The summed E-state index contributed by atoms with van der Waals surface area (Å²) in [5.41, 5.74) is 4.78. The Kier molecular flexibility index (Phi) is 41.1. The summed E-state index contributed by atoms with van der Waals surface area (Å²) in [6.07, 6.45) is 0. The number of hydrogen-bond acceptors (Lipinski definition) is 2. The van der Waals surface area contributed by atoms with E-state index in [0.717, 1.165) is 0 Å². The standard InChI is InChI=1S/C2H7NO.HI.K/c3-1-2-4;;/h4H,1-3H2;1H;/q;;+1/p-1. The molecule has 4 heteroatoms. The van der Waals surface area contributed by atoms with Gasteiger partial charge in [0.15, 0.2) is 0 Å². The van der Waals surface area contributed by atoms with E-state index in [4.69, 9.17) is 10.8 Å². The van der Waals surface area contributed by atoms with Gasteiger partial charge in [-0.1, -0.05) is 0 Å². The van der Waals surface area contributed by atoms with Crippen molar-refractivity contribution in [2.24, 2.45) is 5.73 Å². The van der Waals surface area contributed by atoms with Gasteiger partial charge in [-0.05, 0) is 0 Å². The molecular weight excluding hydrogens is 220 g/mol. The van der Waals surface area contributed by atoms with Crippen molar-refractivity contribution in [2.45, 2.75) is 0 Å². The Morgan fingerprint density at radius 1 is 1.50 bits per heavy atom. The number of nitrogens with two attached hydrogens (primary N) is 1. The summed E-state index contributed by atoms with van der Waals surface area (Å²) in [5, 5.41) is 7.75. The topological polar surface area (TPSA) is 46.2 Å². The van der Waals surface area contributed by atoms with Gasteiger partial charge in [-0.2, -0.15) is 0 Å². The van der Waals surface area contributed by atoms with Crippen LogP contribution in [0.5, 0.6) is 0 Å². The van der Waals surface area contributed by atoms with Crippen LogP contribution in [-0.2, 0) is 0 Å². The molecule has 0 aliphatic rings. The third-order valence-electron chi connectivity index (χ3n) is 0.129. The summed E-state index contributed by atoms with van der Waals surface area (Å²) >= 11 is 0. The molecular formula is C2H7IKNO. The first-order valence-electron chi connectivity index (χ1n) is 1.22. The van der Waals surface area contributed by atoms with E-state index in [9.17, 15) is 0 Å². The first kappa shape index (κ1) is 15.7. The Morgan fingerprint density at radius 3 is 1.67 bits per heavy atom. The maximum Gasteiger partial charge on any atom is 1.00 e. The molecule has 0 heterocycles. The quantitative estimate of drug-likeness (QED) is 0.345. The molecule has 0 amide bonds. The minimum Gasteiger partial charge on any atom is -1.00 e. The Morgan fingerprint density at radius 2 is 1.67 bits per heavy atom. The average molecular weight is 227 g/mol. The van der Waals surface area contributed by atoms with Crippen LogP contribution in [0, 0.1) is 0 Å². The maximum atomic E-state index is 7.75. The SMILES string of the molecule is NCCO.[I-].[K+]. The second-order valence-electron chi connectivity index (χ2n) is 0.512. The fourth-order valence-electron chi connectivity index (χ4n) is 0. The molecule has 0 bridgehead atoms. The monoisotopic (exact) mass is 227 g/mol. The number of hydrogen-bond donors (Lipinski definition) is 2. The van der Waals surface area contributed by atoms with Gasteiger partial charge in [0.1, 0.15) is 0 Å². The van der Waals surface area contributed by atoms with E-state index in [1.54, 1.807) is 0 Å². The van der Waals surface area contributed by atoms with Crippen molar-refractivity contribution in [1.82, 2.24) is 0 Å². The van der Waals surface area contributed by atoms with Crippen LogP contribution in [-0.4, -0.2) is 18.3 Å². The van der Waals surface area contributed by atoms with E-state index in [-0.39, 0.29) is 82.0 Å². The van der Waals surface area contributed by atoms with Crippen molar-refractivity contribution in [1.29, 1.82) is 0 Å². The summed E-state index contributed by atoms with van der Waals surface area (Å²) in [6.45, 7) is 0.472. The van der Waals surface area contributed by atoms with Crippen LogP contribution in [0.4, 0.5) is 0 Å². The van der Waals surface area contributed by atoms with Gasteiger partial charge in [-0.15, -0.1) is 0 Å². The number of aliphatic hydroxyl groups is 1. The summed E-state index contributed by atoms with van der Waals surface area (Å²) in [4.78, 5) is 0. The molecule has 0 aromatic heterocycles. The van der Waals surface area contributed by atoms with Gasteiger partial charge >= 0.3 is 51.4 Å². The fraction of sp³-hybridized carbons (Fsp3) is 1.00. The van der Waals surface area contributed by atoms with Crippen LogP contribution in [0.2, 0.25) is 0 Å². The van der Waals surface area contributed by atoms with Crippen molar-refractivity contribution in [2.75, 3.05) is 13.2 Å². The van der Waals surface area contributed by atoms with Gasteiger partial charge in [0.25, 0.3) is 0 Å². The minimum absolute atomic E-state index is 0. The fourth-order valence-corrected chi connectivity index (χ4v) is 0. The van der Waals surface area contributed by atoms with E-state index in [0.29, 0.717) is 6.54 Å². The molecule has 34 valence electrons. The van der Waals surface area contributed by atoms with Crippen LogP contribution in [0.15, 0.2) is 0 Å². The molecule has 0 rings (SSSR count). The molecule has 0 saturated heterocycles. The van der Waals surface area contributed by atoms with Crippen molar-refractivity contribution in [3.05, 3.63) is 0 Å². The van der Waals surface area contributed by atoms with Crippen molar-refractivity contribution >= 4 is 0 Å². The molecule has 6 heavy (non-hydrogen) atoms. The predicted octanol–water partition coefficient (Wildman–Crippen LogP) is -7.05. The molecule has 2 nitrogen and oxygen atoms in total. The van der Waals surface area contributed by atoms with Crippen LogP contribution in [0.1, 0.15) is 0 Å². The van der Waals surface area contributed by atoms with Gasteiger partial charge in [-0.25, -0.2) is 0 Å². The van der Waals surface area contributed by atoms with E-state index < -0.39 is 0 Å². The van der Waals surface area contributed by atoms with Crippen LogP contribution in [0.25, 0.3) is 0 Å². The molecule has 0 atom stereocenters. The van der Waals surface area contributed by atoms with E-state index in [2.05, 4.69) is 0 Å². The maximum absolute atomic E-state index is 7.75. The van der Waals surface area contributed by atoms with Gasteiger partial charge < -0.3 is 34.8 Å². The molecule has 0 unspecified atom stereocenters. The van der Waals surface area contributed by atoms with Gasteiger partial charge in [0.2, 0.25) is 0 Å². The van der Waals surface area contributed by atoms with E-state index in [1.807, 2.05) is 0 Å². The Labute approximate surface area is 97.3 Å². The summed E-state index contributed by atoms with van der Waals surface area (Å²) < 4.78 is 0. The molecule has 0 aromatic carbocycles. The first-order valence-corrected chi connectivity index (χ1v) is 1.22. The molecule has 0 radical (unpaired) electrons. The average Bonchev–Trinajstić information content (AvgIpc) is 1.37. The Bertz CT molecular complexity index is 15.5. The Hall–Kier alpha value is 2.29. The summed E-state index contributed by atoms with van der Waals surface area (Å²) in [6, 6.07) is 0. The zero-order valence-corrected chi connectivity index (χ0v) is 9.10. The molecule has 0 aromatic rings. The molecule has 0 aliphatic carbocycles. The summed E-state index contributed by atoms with van der Waals surface area (Å²) in [7, 11) is 0. The van der Waals surface area contributed by atoms with Gasteiger partial charge in [0.05, 0.1) is 6.61 Å². The van der Waals surface area contributed by atoms with Gasteiger partial charge in [-0.3, -0.25) is 0 Å². The zero-order chi connectivity index (χ0) is 3.41. The predicted molar refractivity (Wildman–Crippen MR) is 16.1 cm³/mol. The van der Waals surface area contributed by atoms with Crippen molar-refractivity contribution < 1.29 is 80.5 Å². The third-order valence-corrected chi connectivity index (χ3v) is 0.129. The minimum atomic E-state index is 0. The molecule has 3 N–H and O–H groups in total. The number of halogens is 1. The molecule has 0 fully saturated rings. The summed E-state index contributed by atoms with van der Waals surface area (Å²) in [5.74, 6) is 0. The smallest absolute Gasteiger partial charge is 1.00 e. The number of rotatable bonds is 1. The van der Waals surface area contributed by atoms with Gasteiger partial charge in [0, 0.05) is 6.54 Å². The van der Waals surface area contributed by atoms with E-state index >= 15 is 0 Å². The van der Waals surface area contributed by atoms with Crippen molar-refractivity contribution in [3.63, 3.8) is 0 Å². The zero-order valence-electron chi connectivity index (χ0n) is 3.82. The van der Waals surface area contributed by atoms with Crippen LogP contribution < -0.4 is 81.1 Å². The molecule has 0 spiro atoms. The largest absolute Gasteiger partial charge is 1.00 e. The second-order valence-corrected chi connectivity index (χ2v) is 0.512. The van der Waals surface area contributed by atoms with Crippen LogP contribution in [0.3, 0.4) is 0 Å². The normalized spacial score (nSPS) is 5.00. The Balaban J connectivity index is -0.0000000450. The number of aliphatic hydroxyl groups excluding tert-OH is 1. The van der Waals surface area contributed by atoms with Crippen LogP contribution >= 0.6 is 0 Å². The molecule has 0 saturated carbocycles. The first-order chi connectivity index (χ1) is 1.91. The molecule has 0 aliphatic heterocycles. The third kappa shape index (κ3) is 16.3. The second kappa shape index (κ2) is 15.7.